The summed E-state index contributed by atoms with van der Waals surface area (Å²) in [7, 11) is -3.90. The number of rotatable bonds is 10. The highest BCUT2D eigenvalue weighted by Gasteiger charge is 2.25. The molecule has 6 nitrogen and oxygen atoms in total. The standard InChI is InChI=1S/C25H25NO5S/c1-2-3-17-26(22-14-8-5-9-15-22)32(29,30)23-16-10-13-21(18-23)25(28)31-19-24(27)20-11-6-4-7-12-20/h4-16,18H,2-3,17,19H2,1H3. The Balaban J connectivity index is 1.80. The number of carbonyl (C=O) groups excluding carboxylic acids is 2. The number of esters is 1. The van der Waals surface area contributed by atoms with Crippen molar-refractivity contribution in [2.45, 2.75) is 24.7 Å². The van der Waals surface area contributed by atoms with Gasteiger partial charge in [-0.2, -0.15) is 0 Å². The van der Waals surface area contributed by atoms with Crippen molar-refractivity contribution in [1.29, 1.82) is 0 Å². The van der Waals surface area contributed by atoms with Gasteiger partial charge < -0.3 is 4.74 Å². The first kappa shape index (κ1) is 23.2. The fourth-order valence-electron chi connectivity index (χ4n) is 3.12. The minimum absolute atomic E-state index is 0.0127. The molecule has 0 saturated heterocycles. The Morgan fingerprint density at radius 2 is 1.47 bits per heavy atom. The van der Waals surface area contributed by atoms with E-state index in [1.165, 1.54) is 28.6 Å². The van der Waals surface area contributed by atoms with Crippen LogP contribution in [0.3, 0.4) is 0 Å². The van der Waals surface area contributed by atoms with Crippen molar-refractivity contribution < 1.29 is 22.7 Å². The van der Waals surface area contributed by atoms with Crippen LogP contribution in [0.1, 0.15) is 40.5 Å². The van der Waals surface area contributed by atoms with Crippen molar-refractivity contribution in [2.24, 2.45) is 0 Å². The van der Waals surface area contributed by atoms with Crippen LogP contribution < -0.4 is 4.31 Å². The molecule has 3 aromatic carbocycles. The summed E-state index contributed by atoms with van der Waals surface area (Å²) in [6, 6.07) is 23.0. The van der Waals surface area contributed by atoms with Crippen molar-refractivity contribution in [1.82, 2.24) is 0 Å². The Kier molecular flexibility index (Phi) is 7.78. The number of benzene rings is 3. The molecule has 0 N–H and O–H groups in total. The number of Topliss-reactive ketones (excluding diaryl/α,β-unsaturated/α-hetero) is 1. The zero-order valence-corrected chi connectivity index (χ0v) is 18.6. The zero-order chi connectivity index (χ0) is 23.0. The van der Waals surface area contributed by atoms with E-state index in [0.717, 1.165) is 6.42 Å². The molecule has 0 aliphatic carbocycles. The quantitative estimate of drug-likeness (QED) is 0.329. The van der Waals surface area contributed by atoms with E-state index in [2.05, 4.69) is 0 Å². The molecule has 3 rings (SSSR count). The number of nitrogens with zero attached hydrogens (tertiary/aromatic N) is 1. The Bertz CT molecular complexity index is 1160. The van der Waals surface area contributed by atoms with E-state index < -0.39 is 22.6 Å². The number of para-hydroxylation sites is 1. The first-order chi connectivity index (χ1) is 15.4. The Morgan fingerprint density at radius 1 is 0.844 bits per heavy atom. The summed E-state index contributed by atoms with van der Waals surface area (Å²) in [5, 5.41) is 0. The van der Waals surface area contributed by atoms with Crippen LogP contribution in [0.15, 0.2) is 89.8 Å². The normalized spacial score (nSPS) is 11.0. The fraction of sp³-hybridized carbons (Fsp3) is 0.200. The average Bonchev–Trinajstić information content (AvgIpc) is 2.83. The van der Waals surface area contributed by atoms with E-state index in [4.69, 9.17) is 4.74 Å². The Morgan fingerprint density at radius 3 is 2.12 bits per heavy atom. The molecule has 0 aromatic heterocycles. The van der Waals surface area contributed by atoms with Crippen molar-refractivity contribution in [3.63, 3.8) is 0 Å². The van der Waals surface area contributed by atoms with E-state index >= 15 is 0 Å². The molecular formula is C25H25NO5S. The number of carbonyl (C=O) groups is 2. The molecule has 0 aliphatic heterocycles. The number of ketones is 1. The van der Waals surface area contributed by atoms with Gasteiger partial charge in [0.15, 0.2) is 12.4 Å². The van der Waals surface area contributed by atoms with Crippen LogP contribution in [0.25, 0.3) is 0 Å². The van der Waals surface area contributed by atoms with Crippen LogP contribution in [0, 0.1) is 0 Å². The SMILES string of the molecule is CCCCN(c1ccccc1)S(=O)(=O)c1cccc(C(=O)OCC(=O)c2ccccc2)c1. The van der Waals surface area contributed by atoms with Gasteiger partial charge in [-0.1, -0.05) is 67.9 Å². The molecule has 0 spiro atoms. The molecule has 32 heavy (non-hydrogen) atoms. The van der Waals surface area contributed by atoms with Crippen molar-refractivity contribution in [2.75, 3.05) is 17.5 Å². The highest BCUT2D eigenvalue weighted by Crippen LogP contribution is 2.25. The molecule has 0 bridgehead atoms. The molecule has 0 saturated carbocycles. The van der Waals surface area contributed by atoms with Gasteiger partial charge in [-0.05, 0) is 36.8 Å². The number of unbranched alkanes of at least 4 members (excludes halogenated alkanes) is 1. The van der Waals surface area contributed by atoms with Crippen LogP contribution in [-0.4, -0.2) is 33.3 Å². The predicted octanol–water partition coefficient (Wildman–Crippen LogP) is 4.72. The number of hydrogen-bond donors (Lipinski definition) is 0. The van der Waals surface area contributed by atoms with E-state index in [1.807, 2.05) is 13.0 Å². The molecule has 0 radical (unpaired) electrons. The molecule has 7 heteroatoms. The second-order valence-electron chi connectivity index (χ2n) is 7.16. The van der Waals surface area contributed by atoms with E-state index in [-0.39, 0.29) is 16.2 Å². The maximum atomic E-state index is 13.4. The van der Waals surface area contributed by atoms with Gasteiger partial charge in [0.1, 0.15) is 0 Å². The van der Waals surface area contributed by atoms with Gasteiger partial charge in [-0.25, -0.2) is 13.2 Å². The van der Waals surface area contributed by atoms with Crippen LogP contribution in [-0.2, 0) is 14.8 Å². The molecule has 0 amide bonds. The van der Waals surface area contributed by atoms with Gasteiger partial charge in [0.05, 0.1) is 16.1 Å². The smallest absolute Gasteiger partial charge is 0.338 e. The number of anilines is 1. The summed E-state index contributed by atoms with van der Waals surface area (Å²) in [6.07, 6.45) is 1.53. The summed E-state index contributed by atoms with van der Waals surface area (Å²) >= 11 is 0. The lowest BCUT2D eigenvalue weighted by Gasteiger charge is -2.24. The topological polar surface area (TPSA) is 80.8 Å². The van der Waals surface area contributed by atoms with Crippen LogP contribution >= 0.6 is 0 Å². The minimum Gasteiger partial charge on any atom is -0.454 e. The van der Waals surface area contributed by atoms with Crippen LogP contribution in [0.2, 0.25) is 0 Å². The van der Waals surface area contributed by atoms with Gasteiger partial charge in [0.2, 0.25) is 0 Å². The molecule has 3 aromatic rings. The third-order valence-corrected chi connectivity index (χ3v) is 6.67. The number of hydrogen-bond acceptors (Lipinski definition) is 5. The fourth-order valence-corrected chi connectivity index (χ4v) is 4.67. The van der Waals surface area contributed by atoms with E-state index in [1.54, 1.807) is 54.6 Å². The summed E-state index contributed by atoms with van der Waals surface area (Å²) in [5.41, 5.74) is 1.06. The first-order valence-corrected chi connectivity index (χ1v) is 11.8. The van der Waals surface area contributed by atoms with Gasteiger partial charge >= 0.3 is 5.97 Å². The lowest BCUT2D eigenvalue weighted by atomic mass is 10.1. The monoisotopic (exact) mass is 451 g/mol. The van der Waals surface area contributed by atoms with E-state index in [0.29, 0.717) is 24.2 Å². The minimum atomic E-state index is -3.90. The highest BCUT2D eigenvalue weighted by atomic mass is 32.2. The third-order valence-electron chi connectivity index (χ3n) is 4.85. The lowest BCUT2D eigenvalue weighted by Crippen LogP contribution is -2.32. The second-order valence-corrected chi connectivity index (χ2v) is 9.02. The summed E-state index contributed by atoms with van der Waals surface area (Å²) in [5.74, 6) is -1.09. The number of sulfonamides is 1. The molecule has 166 valence electrons. The maximum absolute atomic E-state index is 13.4. The maximum Gasteiger partial charge on any atom is 0.338 e. The molecule has 0 aliphatic rings. The van der Waals surface area contributed by atoms with Gasteiger partial charge in [0.25, 0.3) is 10.0 Å². The van der Waals surface area contributed by atoms with Crippen molar-refractivity contribution >= 4 is 27.5 Å². The van der Waals surface area contributed by atoms with Crippen molar-refractivity contribution in [3.05, 3.63) is 96.1 Å². The van der Waals surface area contributed by atoms with Gasteiger partial charge in [-0.15, -0.1) is 0 Å². The molecule has 0 heterocycles. The Labute approximate surface area is 188 Å². The zero-order valence-electron chi connectivity index (χ0n) is 17.8. The van der Waals surface area contributed by atoms with E-state index in [9.17, 15) is 18.0 Å². The summed E-state index contributed by atoms with van der Waals surface area (Å²) in [6.45, 7) is 1.89. The Hall–Kier alpha value is -3.45. The van der Waals surface area contributed by atoms with Crippen LogP contribution in [0.5, 0.6) is 0 Å². The number of ether oxygens (including phenoxy) is 1. The largest absolute Gasteiger partial charge is 0.454 e. The third kappa shape index (κ3) is 5.62. The summed E-state index contributed by atoms with van der Waals surface area (Å²) < 4.78 is 33.2. The first-order valence-electron chi connectivity index (χ1n) is 10.4. The predicted molar refractivity (Wildman–Crippen MR) is 123 cm³/mol. The van der Waals surface area contributed by atoms with Gasteiger partial charge in [0, 0.05) is 12.1 Å². The summed E-state index contributed by atoms with van der Waals surface area (Å²) in [4.78, 5) is 24.6. The molecule has 0 unspecified atom stereocenters. The lowest BCUT2D eigenvalue weighted by molar-refractivity contribution is 0.0474. The molecular weight excluding hydrogens is 426 g/mol. The van der Waals surface area contributed by atoms with Gasteiger partial charge in [-0.3, -0.25) is 9.10 Å². The average molecular weight is 452 g/mol. The highest BCUT2D eigenvalue weighted by molar-refractivity contribution is 7.92. The molecule has 0 fully saturated rings. The van der Waals surface area contributed by atoms with Crippen LogP contribution in [0.4, 0.5) is 5.69 Å². The second kappa shape index (κ2) is 10.7. The van der Waals surface area contributed by atoms with Crippen molar-refractivity contribution in [3.8, 4) is 0 Å². The molecule has 0 atom stereocenters.